The van der Waals surface area contributed by atoms with Gasteiger partial charge in [0.15, 0.2) is 9.84 Å². The van der Waals surface area contributed by atoms with E-state index in [4.69, 9.17) is 5.73 Å². The SMILES string of the molecule is C=CCS(=O)(=O)Cc1ccc(CN)cc1. The molecule has 0 fully saturated rings. The van der Waals surface area contributed by atoms with E-state index in [0.717, 1.165) is 11.1 Å². The van der Waals surface area contributed by atoms with Gasteiger partial charge in [0.1, 0.15) is 0 Å². The fourth-order valence-electron chi connectivity index (χ4n) is 1.26. The molecule has 1 aromatic carbocycles. The second-order valence-corrected chi connectivity index (χ2v) is 5.47. The van der Waals surface area contributed by atoms with E-state index in [0.29, 0.717) is 6.54 Å². The van der Waals surface area contributed by atoms with Crippen LogP contribution in [-0.4, -0.2) is 14.2 Å². The Hall–Kier alpha value is -1.13. The Morgan fingerprint density at radius 2 is 1.73 bits per heavy atom. The summed E-state index contributed by atoms with van der Waals surface area (Å²) in [6, 6.07) is 7.28. The van der Waals surface area contributed by atoms with E-state index in [1.807, 2.05) is 12.1 Å². The van der Waals surface area contributed by atoms with Crippen molar-refractivity contribution in [1.29, 1.82) is 0 Å². The highest BCUT2D eigenvalue weighted by Crippen LogP contribution is 2.08. The zero-order valence-electron chi connectivity index (χ0n) is 8.52. The van der Waals surface area contributed by atoms with Crippen molar-refractivity contribution in [3.8, 4) is 0 Å². The standard InChI is InChI=1S/C11H15NO2S/c1-2-7-15(13,14)9-11-5-3-10(8-12)4-6-11/h2-6H,1,7-9,12H2. The molecule has 0 spiro atoms. The Bertz CT molecular complexity index is 420. The first kappa shape index (κ1) is 11.9. The molecule has 15 heavy (non-hydrogen) atoms. The van der Waals surface area contributed by atoms with E-state index in [-0.39, 0.29) is 11.5 Å². The molecule has 0 aliphatic rings. The molecule has 0 saturated heterocycles. The van der Waals surface area contributed by atoms with Crippen LogP contribution in [0.2, 0.25) is 0 Å². The van der Waals surface area contributed by atoms with Crippen molar-refractivity contribution >= 4 is 9.84 Å². The van der Waals surface area contributed by atoms with E-state index in [9.17, 15) is 8.42 Å². The molecule has 4 heteroatoms. The van der Waals surface area contributed by atoms with E-state index in [1.165, 1.54) is 6.08 Å². The zero-order valence-corrected chi connectivity index (χ0v) is 9.33. The third kappa shape index (κ3) is 3.85. The first-order chi connectivity index (χ1) is 7.07. The van der Waals surface area contributed by atoms with Crippen LogP contribution < -0.4 is 5.73 Å². The summed E-state index contributed by atoms with van der Waals surface area (Å²) in [5.41, 5.74) is 7.23. The molecule has 82 valence electrons. The fourth-order valence-corrected chi connectivity index (χ4v) is 2.44. The minimum Gasteiger partial charge on any atom is -0.326 e. The molecule has 1 aromatic rings. The normalized spacial score (nSPS) is 11.3. The van der Waals surface area contributed by atoms with Gasteiger partial charge in [-0.1, -0.05) is 30.3 Å². The summed E-state index contributed by atoms with van der Waals surface area (Å²) >= 11 is 0. The minimum atomic E-state index is -3.05. The van der Waals surface area contributed by atoms with Gasteiger partial charge in [0.05, 0.1) is 11.5 Å². The molecule has 1 rings (SSSR count). The maximum absolute atomic E-state index is 11.5. The van der Waals surface area contributed by atoms with Gasteiger partial charge in [0, 0.05) is 6.54 Å². The van der Waals surface area contributed by atoms with E-state index < -0.39 is 9.84 Å². The van der Waals surface area contributed by atoms with Crippen molar-refractivity contribution in [1.82, 2.24) is 0 Å². The van der Waals surface area contributed by atoms with Gasteiger partial charge in [-0.25, -0.2) is 8.42 Å². The number of hydrogen-bond donors (Lipinski definition) is 1. The largest absolute Gasteiger partial charge is 0.326 e. The molecule has 0 bridgehead atoms. The topological polar surface area (TPSA) is 60.2 Å². The number of sulfone groups is 1. The second-order valence-electron chi connectivity index (χ2n) is 3.36. The van der Waals surface area contributed by atoms with Gasteiger partial charge < -0.3 is 5.73 Å². The van der Waals surface area contributed by atoms with Gasteiger partial charge in [-0.15, -0.1) is 6.58 Å². The molecule has 0 aromatic heterocycles. The van der Waals surface area contributed by atoms with Crippen LogP contribution >= 0.6 is 0 Å². The molecule has 2 N–H and O–H groups in total. The van der Waals surface area contributed by atoms with Gasteiger partial charge in [0.2, 0.25) is 0 Å². The average molecular weight is 225 g/mol. The molecule has 0 saturated carbocycles. The van der Waals surface area contributed by atoms with Crippen LogP contribution in [0.25, 0.3) is 0 Å². The van der Waals surface area contributed by atoms with E-state index in [2.05, 4.69) is 6.58 Å². The summed E-state index contributed by atoms with van der Waals surface area (Å²) in [6.45, 7) is 3.89. The molecule has 0 aliphatic heterocycles. The first-order valence-corrected chi connectivity index (χ1v) is 6.49. The highest BCUT2D eigenvalue weighted by atomic mass is 32.2. The van der Waals surface area contributed by atoms with Crippen LogP contribution in [0, 0.1) is 0 Å². The summed E-state index contributed by atoms with van der Waals surface area (Å²) in [5, 5.41) is 0. The van der Waals surface area contributed by atoms with Crippen LogP contribution in [0.1, 0.15) is 11.1 Å². The number of benzene rings is 1. The fraction of sp³-hybridized carbons (Fsp3) is 0.273. The Morgan fingerprint density at radius 3 is 2.20 bits per heavy atom. The third-order valence-corrected chi connectivity index (χ3v) is 3.53. The Labute approximate surface area is 90.5 Å². The van der Waals surface area contributed by atoms with Crippen molar-refractivity contribution < 1.29 is 8.42 Å². The van der Waals surface area contributed by atoms with Gasteiger partial charge in [-0.2, -0.15) is 0 Å². The number of hydrogen-bond acceptors (Lipinski definition) is 3. The lowest BCUT2D eigenvalue weighted by Crippen LogP contribution is -2.07. The lowest BCUT2D eigenvalue weighted by Gasteiger charge is -2.03. The van der Waals surface area contributed by atoms with Crippen molar-refractivity contribution in [2.45, 2.75) is 12.3 Å². The van der Waals surface area contributed by atoms with Crippen molar-refractivity contribution in [2.24, 2.45) is 5.73 Å². The van der Waals surface area contributed by atoms with Crippen molar-refractivity contribution in [2.75, 3.05) is 5.75 Å². The third-order valence-electron chi connectivity index (χ3n) is 2.02. The van der Waals surface area contributed by atoms with Gasteiger partial charge in [0.25, 0.3) is 0 Å². The molecule has 0 aliphatic carbocycles. The second kappa shape index (κ2) is 5.09. The van der Waals surface area contributed by atoms with Gasteiger partial charge >= 0.3 is 0 Å². The molecule has 0 radical (unpaired) electrons. The summed E-state index contributed by atoms with van der Waals surface area (Å²) in [6.07, 6.45) is 1.41. The number of rotatable bonds is 5. The summed E-state index contributed by atoms with van der Waals surface area (Å²) in [5.74, 6) is 0.0789. The molecule has 0 unspecified atom stereocenters. The Balaban J connectivity index is 2.77. The minimum absolute atomic E-state index is 0.0195. The van der Waals surface area contributed by atoms with Crippen LogP contribution in [0.5, 0.6) is 0 Å². The Kier molecular flexibility index (Phi) is 4.05. The van der Waals surface area contributed by atoms with Gasteiger partial charge in [-0.3, -0.25) is 0 Å². The quantitative estimate of drug-likeness (QED) is 0.767. The van der Waals surface area contributed by atoms with Crippen LogP contribution in [0.15, 0.2) is 36.9 Å². The molecular formula is C11H15NO2S. The molecule has 0 heterocycles. The van der Waals surface area contributed by atoms with Crippen molar-refractivity contribution in [3.63, 3.8) is 0 Å². The van der Waals surface area contributed by atoms with Gasteiger partial charge in [-0.05, 0) is 11.1 Å². The lowest BCUT2D eigenvalue weighted by atomic mass is 10.1. The Morgan fingerprint density at radius 1 is 1.20 bits per heavy atom. The number of nitrogens with two attached hydrogens (primary N) is 1. The molecule has 3 nitrogen and oxygen atoms in total. The van der Waals surface area contributed by atoms with Crippen molar-refractivity contribution in [3.05, 3.63) is 48.0 Å². The van der Waals surface area contributed by atoms with Crippen LogP contribution in [0.4, 0.5) is 0 Å². The maximum Gasteiger partial charge on any atom is 0.157 e. The molecule has 0 atom stereocenters. The van der Waals surface area contributed by atoms with Crippen LogP contribution in [-0.2, 0) is 22.1 Å². The first-order valence-electron chi connectivity index (χ1n) is 4.66. The summed E-state index contributed by atoms with van der Waals surface area (Å²) < 4.78 is 22.9. The lowest BCUT2D eigenvalue weighted by molar-refractivity contribution is 0.598. The summed E-state index contributed by atoms with van der Waals surface area (Å²) in [4.78, 5) is 0. The zero-order chi connectivity index (χ0) is 11.3. The monoisotopic (exact) mass is 225 g/mol. The highest BCUT2D eigenvalue weighted by molar-refractivity contribution is 7.90. The molecular weight excluding hydrogens is 210 g/mol. The summed E-state index contributed by atoms with van der Waals surface area (Å²) in [7, 11) is -3.05. The highest BCUT2D eigenvalue weighted by Gasteiger charge is 2.09. The average Bonchev–Trinajstić information content (AvgIpc) is 2.18. The predicted molar refractivity (Wildman–Crippen MR) is 62.0 cm³/mol. The van der Waals surface area contributed by atoms with Crippen LogP contribution in [0.3, 0.4) is 0 Å². The smallest absolute Gasteiger partial charge is 0.157 e. The molecule has 0 amide bonds. The predicted octanol–water partition coefficient (Wildman–Crippen LogP) is 1.25. The maximum atomic E-state index is 11.5. The van der Waals surface area contributed by atoms with E-state index >= 15 is 0 Å². The van der Waals surface area contributed by atoms with E-state index in [1.54, 1.807) is 12.1 Å².